The first-order valence-corrected chi connectivity index (χ1v) is 15.1. The maximum atomic E-state index is 14.1. The molecule has 1 N–H and O–H groups in total. The highest BCUT2D eigenvalue weighted by Crippen LogP contribution is 2.27. The van der Waals surface area contributed by atoms with Gasteiger partial charge in [0.2, 0.25) is 11.8 Å². The molecule has 9 heteroatoms. The Kier molecular flexibility index (Phi) is 10.2. The lowest BCUT2D eigenvalue weighted by molar-refractivity contribution is -0.140. The Hall–Kier alpha value is -3.85. The SMILES string of the molecule is CCOc1ccc(N(CC(=O)N(Cc2ccccc2C)[C@@H](C)C(=O)NC(C)(C)C)S(=O)(=O)c2ccc(C)cc2)cc1. The molecule has 0 aromatic heterocycles. The highest BCUT2D eigenvalue weighted by atomic mass is 32.2. The van der Waals surface area contributed by atoms with Gasteiger partial charge in [0.1, 0.15) is 18.3 Å². The van der Waals surface area contributed by atoms with Gasteiger partial charge in [0.05, 0.1) is 17.2 Å². The largest absolute Gasteiger partial charge is 0.494 e. The van der Waals surface area contributed by atoms with Crippen molar-refractivity contribution in [3.05, 3.63) is 89.5 Å². The molecule has 0 bridgehead atoms. The molecule has 0 aliphatic carbocycles. The number of amides is 2. The fourth-order valence-corrected chi connectivity index (χ4v) is 5.68. The molecule has 0 radical (unpaired) electrons. The summed E-state index contributed by atoms with van der Waals surface area (Å²) >= 11 is 0. The van der Waals surface area contributed by atoms with Gasteiger partial charge in [-0.15, -0.1) is 0 Å². The summed E-state index contributed by atoms with van der Waals surface area (Å²) in [4.78, 5) is 28.8. The molecular weight excluding hydrogens is 538 g/mol. The highest BCUT2D eigenvalue weighted by Gasteiger charge is 2.33. The molecule has 1 atom stereocenters. The zero-order valence-electron chi connectivity index (χ0n) is 25.0. The van der Waals surface area contributed by atoms with Crippen LogP contribution in [0.4, 0.5) is 5.69 Å². The lowest BCUT2D eigenvalue weighted by atomic mass is 10.1. The van der Waals surface area contributed by atoms with Gasteiger partial charge in [-0.1, -0.05) is 42.0 Å². The average Bonchev–Trinajstić information content (AvgIpc) is 2.90. The summed E-state index contributed by atoms with van der Waals surface area (Å²) in [5.74, 6) is -0.244. The predicted octanol–water partition coefficient (Wildman–Crippen LogP) is 5.23. The second kappa shape index (κ2) is 13.2. The molecule has 3 rings (SSSR count). The monoisotopic (exact) mass is 579 g/mol. The first-order chi connectivity index (χ1) is 19.2. The van der Waals surface area contributed by atoms with Gasteiger partial charge in [-0.05, 0) is 96.0 Å². The van der Waals surface area contributed by atoms with Crippen LogP contribution in [0.25, 0.3) is 0 Å². The van der Waals surface area contributed by atoms with E-state index in [9.17, 15) is 18.0 Å². The number of aryl methyl sites for hydroxylation is 2. The molecule has 0 saturated heterocycles. The quantitative estimate of drug-likeness (QED) is 0.336. The van der Waals surface area contributed by atoms with Crippen LogP contribution in [-0.2, 0) is 26.2 Å². The first kappa shape index (κ1) is 31.7. The third kappa shape index (κ3) is 8.33. The van der Waals surface area contributed by atoms with E-state index in [2.05, 4.69) is 5.32 Å². The summed E-state index contributed by atoms with van der Waals surface area (Å²) in [6.07, 6.45) is 0. The maximum Gasteiger partial charge on any atom is 0.264 e. The van der Waals surface area contributed by atoms with Gasteiger partial charge in [-0.25, -0.2) is 8.42 Å². The van der Waals surface area contributed by atoms with Crippen LogP contribution in [0.2, 0.25) is 0 Å². The number of ether oxygens (including phenoxy) is 1. The molecule has 0 fully saturated rings. The van der Waals surface area contributed by atoms with Crippen molar-refractivity contribution in [2.45, 2.75) is 71.5 Å². The van der Waals surface area contributed by atoms with Gasteiger partial charge in [-0.3, -0.25) is 13.9 Å². The van der Waals surface area contributed by atoms with Gasteiger partial charge in [-0.2, -0.15) is 0 Å². The number of hydrogen-bond donors (Lipinski definition) is 1. The van der Waals surface area contributed by atoms with E-state index in [4.69, 9.17) is 4.74 Å². The van der Waals surface area contributed by atoms with E-state index in [1.165, 1.54) is 17.0 Å². The summed E-state index contributed by atoms with van der Waals surface area (Å²) in [6.45, 7) is 13.0. The molecule has 3 aromatic carbocycles. The van der Waals surface area contributed by atoms with Crippen molar-refractivity contribution in [1.82, 2.24) is 10.2 Å². The van der Waals surface area contributed by atoms with Crippen LogP contribution in [0.3, 0.4) is 0 Å². The van der Waals surface area contributed by atoms with Gasteiger partial charge in [0.25, 0.3) is 10.0 Å². The molecular formula is C32H41N3O5S. The molecule has 41 heavy (non-hydrogen) atoms. The number of rotatable bonds is 11. The first-order valence-electron chi connectivity index (χ1n) is 13.7. The molecule has 2 amide bonds. The highest BCUT2D eigenvalue weighted by molar-refractivity contribution is 7.92. The molecule has 220 valence electrons. The van der Waals surface area contributed by atoms with Crippen molar-refractivity contribution in [3.8, 4) is 5.75 Å². The van der Waals surface area contributed by atoms with E-state index in [1.54, 1.807) is 43.3 Å². The molecule has 0 heterocycles. The Morgan fingerprint density at radius 2 is 1.54 bits per heavy atom. The van der Waals surface area contributed by atoms with Crippen molar-refractivity contribution in [2.24, 2.45) is 0 Å². The lowest BCUT2D eigenvalue weighted by Gasteiger charge is -2.33. The van der Waals surface area contributed by atoms with Gasteiger partial charge >= 0.3 is 0 Å². The maximum absolute atomic E-state index is 14.1. The van der Waals surface area contributed by atoms with E-state index >= 15 is 0 Å². The van der Waals surface area contributed by atoms with Crippen molar-refractivity contribution in [3.63, 3.8) is 0 Å². The van der Waals surface area contributed by atoms with E-state index in [-0.39, 0.29) is 17.3 Å². The number of nitrogens with one attached hydrogen (secondary N) is 1. The minimum Gasteiger partial charge on any atom is -0.494 e. The van der Waals surface area contributed by atoms with Gasteiger partial charge in [0, 0.05) is 12.1 Å². The third-order valence-electron chi connectivity index (χ3n) is 6.59. The fourth-order valence-electron chi connectivity index (χ4n) is 4.27. The van der Waals surface area contributed by atoms with Crippen LogP contribution < -0.4 is 14.4 Å². The molecule has 8 nitrogen and oxygen atoms in total. The van der Waals surface area contributed by atoms with Crippen molar-refractivity contribution >= 4 is 27.5 Å². The summed E-state index contributed by atoms with van der Waals surface area (Å²) in [7, 11) is -4.14. The second-order valence-electron chi connectivity index (χ2n) is 11.1. The van der Waals surface area contributed by atoms with Gasteiger partial charge < -0.3 is 15.0 Å². The normalized spacial score (nSPS) is 12.4. The Morgan fingerprint density at radius 1 is 0.927 bits per heavy atom. The molecule has 0 saturated carbocycles. The van der Waals surface area contributed by atoms with Crippen molar-refractivity contribution < 1.29 is 22.7 Å². The number of hydrogen-bond acceptors (Lipinski definition) is 5. The topological polar surface area (TPSA) is 96.0 Å². The van der Waals surface area contributed by atoms with Crippen LogP contribution in [0.1, 0.15) is 51.3 Å². The van der Waals surface area contributed by atoms with Crippen molar-refractivity contribution in [1.29, 1.82) is 0 Å². The van der Waals surface area contributed by atoms with Crippen LogP contribution in [0.5, 0.6) is 5.75 Å². The third-order valence-corrected chi connectivity index (χ3v) is 8.38. The Labute approximate surface area is 244 Å². The molecule has 3 aromatic rings. The van der Waals surface area contributed by atoms with Crippen LogP contribution in [0.15, 0.2) is 77.7 Å². The average molecular weight is 580 g/mol. The second-order valence-corrected chi connectivity index (χ2v) is 13.0. The molecule has 0 aliphatic heterocycles. The zero-order chi connectivity index (χ0) is 30.4. The smallest absolute Gasteiger partial charge is 0.264 e. The predicted molar refractivity (Wildman–Crippen MR) is 162 cm³/mol. The lowest BCUT2D eigenvalue weighted by Crippen LogP contribution is -2.54. The summed E-state index contributed by atoms with van der Waals surface area (Å²) < 4.78 is 34.5. The summed E-state index contributed by atoms with van der Waals surface area (Å²) in [6, 6.07) is 19.8. The van der Waals surface area contributed by atoms with Crippen LogP contribution in [-0.4, -0.2) is 49.9 Å². The van der Waals surface area contributed by atoms with E-state index < -0.39 is 34.1 Å². The number of anilines is 1. The summed E-state index contributed by atoms with van der Waals surface area (Å²) in [5, 5.41) is 2.94. The van der Waals surface area contributed by atoms with E-state index in [0.717, 1.165) is 21.0 Å². The van der Waals surface area contributed by atoms with Gasteiger partial charge in [0.15, 0.2) is 0 Å². The standard InChI is InChI=1S/C32H41N3O5S/c1-8-40-28-17-15-27(16-18-28)35(41(38,39)29-19-13-23(2)14-20-29)22-30(36)34(21-26-12-10-9-11-24(26)3)25(4)31(37)33-32(5,6)7/h9-20,25H,8,21-22H2,1-7H3,(H,33,37)/t25-/m0/s1. The molecule has 0 unspecified atom stereocenters. The Morgan fingerprint density at radius 3 is 2.10 bits per heavy atom. The number of sulfonamides is 1. The van der Waals surface area contributed by atoms with Crippen LogP contribution >= 0.6 is 0 Å². The van der Waals surface area contributed by atoms with E-state index in [0.29, 0.717) is 18.0 Å². The zero-order valence-corrected chi connectivity index (χ0v) is 25.8. The van der Waals surface area contributed by atoms with E-state index in [1.807, 2.05) is 65.8 Å². The number of benzene rings is 3. The Bertz CT molecular complexity index is 1450. The van der Waals surface area contributed by atoms with Crippen LogP contribution in [0, 0.1) is 13.8 Å². The van der Waals surface area contributed by atoms with Crippen molar-refractivity contribution in [2.75, 3.05) is 17.5 Å². The number of nitrogens with zero attached hydrogens (tertiary/aromatic N) is 2. The summed E-state index contributed by atoms with van der Waals surface area (Å²) in [5.41, 5.74) is 2.54. The number of carbonyl (C=O) groups excluding carboxylic acids is 2. The number of carbonyl (C=O) groups is 2. The fraction of sp³-hybridized carbons (Fsp3) is 0.375. The minimum atomic E-state index is -4.14. The molecule has 0 spiro atoms. The minimum absolute atomic E-state index is 0.0637. The Balaban J connectivity index is 2.05. The molecule has 0 aliphatic rings.